The summed E-state index contributed by atoms with van der Waals surface area (Å²) >= 11 is 5.82. The van der Waals surface area contributed by atoms with E-state index in [1.54, 1.807) is 6.20 Å². The first-order valence-electron chi connectivity index (χ1n) is 6.60. The molecule has 1 unspecified atom stereocenters. The van der Waals surface area contributed by atoms with Crippen LogP contribution in [-0.4, -0.2) is 34.5 Å². The number of hydrogen-bond acceptors (Lipinski definition) is 4. The second kappa shape index (κ2) is 7.22. The molecule has 0 bridgehead atoms. The molecule has 1 N–H and O–H groups in total. The number of likely N-dealkylation sites (N-methyl/N-ethyl adjacent to an activating group) is 1. The molecule has 0 radical (unpaired) electrons. The van der Waals surface area contributed by atoms with Gasteiger partial charge in [-0.1, -0.05) is 41.9 Å². The molecule has 4 nitrogen and oxygen atoms in total. The summed E-state index contributed by atoms with van der Waals surface area (Å²) in [6.45, 7) is 3.95. The van der Waals surface area contributed by atoms with E-state index in [1.807, 2.05) is 6.07 Å². The molecule has 1 aromatic heterocycles. The maximum absolute atomic E-state index is 5.82. The molecule has 0 fully saturated rings. The fraction of sp³-hybridized carbons (Fsp3) is 0.333. The minimum atomic E-state index is 0.261. The number of aromatic nitrogens is 2. The van der Waals surface area contributed by atoms with Crippen molar-refractivity contribution in [3.8, 4) is 0 Å². The maximum Gasteiger partial charge on any atom is 0.149 e. The van der Waals surface area contributed by atoms with E-state index in [-0.39, 0.29) is 6.04 Å². The Kier molecular flexibility index (Phi) is 5.32. The third-order valence-electron chi connectivity index (χ3n) is 2.88. The average Bonchev–Trinajstić information content (AvgIpc) is 2.39. The van der Waals surface area contributed by atoms with Crippen LogP contribution in [0.25, 0.3) is 0 Å². The lowest BCUT2D eigenvalue weighted by Crippen LogP contribution is -2.32. The summed E-state index contributed by atoms with van der Waals surface area (Å²) in [5.74, 6) is 0.707. The van der Waals surface area contributed by atoms with Crippen LogP contribution in [-0.2, 0) is 6.54 Å². The van der Waals surface area contributed by atoms with E-state index < -0.39 is 0 Å². The third-order valence-corrected chi connectivity index (χ3v) is 3.06. The highest BCUT2D eigenvalue weighted by molar-refractivity contribution is 6.29. The molecule has 5 heteroatoms. The Bertz CT molecular complexity index is 532. The first-order chi connectivity index (χ1) is 9.63. The average molecular weight is 291 g/mol. The van der Waals surface area contributed by atoms with Gasteiger partial charge in [-0.2, -0.15) is 0 Å². The van der Waals surface area contributed by atoms with Crippen molar-refractivity contribution in [2.45, 2.75) is 19.5 Å². The van der Waals surface area contributed by atoms with Gasteiger partial charge in [-0.05, 0) is 19.5 Å². The van der Waals surface area contributed by atoms with Gasteiger partial charge >= 0.3 is 0 Å². The van der Waals surface area contributed by atoms with Crippen LogP contribution in [0.1, 0.15) is 12.5 Å². The van der Waals surface area contributed by atoms with Crippen LogP contribution in [0.4, 0.5) is 5.82 Å². The molecule has 1 aromatic carbocycles. The first kappa shape index (κ1) is 14.8. The standard InChI is InChI=1S/C15H19ClN4/c1-12(18-15-9-17-8-14(16)19-15)10-20(2)11-13-6-4-3-5-7-13/h3-9,12H,10-11H2,1-2H3,(H,18,19). The van der Waals surface area contributed by atoms with Crippen molar-refractivity contribution in [1.82, 2.24) is 14.9 Å². The Morgan fingerprint density at radius 2 is 2.00 bits per heavy atom. The number of benzene rings is 1. The predicted octanol–water partition coefficient (Wildman–Crippen LogP) is 3.06. The van der Waals surface area contributed by atoms with Crippen LogP contribution in [0, 0.1) is 0 Å². The van der Waals surface area contributed by atoms with Crippen LogP contribution in [0.3, 0.4) is 0 Å². The Morgan fingerprint density at radius 1 is 1.25 bits per heavy atom. The molecule has 0 amide bonds. The lowest BCUT2D eigenvalue weighted by molar-refractivity contribution is 0.316. The molecular formula is C15H19ClN4. The fourth-order valence-electron chi connectivity index (χ4n) is 2.14. The Hall–Kier alpha value is -1.65. The van der Waals surface area contributed by atoms with Gasteiger partial charge in [0.2, 0.25) is 0 Å². The fourth-order valence-corrected chi connectivity index (χ4v) is 2.28. The van der Waals surface area contributed by atoms with Crippen LogP contribution in [0.15, 0.2) is 42.7 Å². The Balaban J connectivity index is 1.83. The number of hydrogen-bond donors (Lipinski definition) is 1. The minimum Gasteiger partial charge on any atom is -0.365 e. The lowest BCUT2D eigenvalue weighted by atomic mass is 10.2. The van der Waals surface area contributed by atoms with E-state index in [0.29, 0.717) is 11.0 Å². The first-order valence-corrected chi connectivity index (χ1v) is 6.98. The summed E-state index contributed by atoms with van der Waals surface area (Å²) in [5.41, 5.74) is 1.31. The molecule has 106 valence electrons. The molecule has 0 aliphatic heterocycles. The van der Waals surface area contributed by atoms with Gasteiger partial charge in [-0.3, -0.25) is 4.98 Å². The smallest absolute Gasteiger partial charge is 0.149 e. The highest BCUT2D eigenvalue weighted by atomic mass is 35.5. The molecule has 2 aromatic rings. The van der Waals surface area contributed by atoms with Crippen molar-refractivity contribution in [1.29, 1.82) is 0 Å². The number of nitrogens with zero attached hydrogens (tertiary/aromatic N) is 3. The summed E-state index contributed by atoms with van der Waals surface area (Å²) in [7, 11) is 2.11. The zero-order chi connectivity index (χ0) is 14.4. The highest BCUT2D eigenvalue weighted by Crippen LogP contribution is 2.09. The molecule has 0 saturated heterocycles. The van der Waals surface area contributed by atoms with Crippen molar-refractivity contribution in [3.05, 3.63) is 53.4 Å². The molecule has 0 saturated carbocycles. The van der Waals surface area contributed by atoms with E-state index in [0.717, 1.165) is 13.1 Å². The maximum atomic E-state index is 5.82. The van der Waals surface area contributed by atoms with Gasteiger partial charge in [0.15, 0.2) is 0 Å². The molecule has 20 heavy (non-hydrogen) atoms. The predicted molar refractivity (Wildman–Crippen MR) is 82.9 cm³/mol. The van der Waals surface area contributed by atoms with Crippen LogP contribution in [0.5, 0.6) is 0 Å². The second-order valence-electron chi connectivity index (χ2n) is 4.95. The van der Waals surface area contributed by atoms with E-state index in [1.165, 1.54) is 11.8 Å². The van der Waals surface area contributed by atoms with Gasteiger partial charge in [0.05, 0.1) is 12.4 Å². The highest BCUT2D eigenvalue weighted by Gasteiger charge is 2.08. The normalized spacial score (nSPS) is 12.4. The quantitative estimate of drug-likeness (QED) is 0.888. The molecule has 2 rings (SSSR count). The van der Waals surface area contributed by atoms with Crippen molar-refractivity contribution < 1.29 is 0 Å². The van der Waals surface area contributed by atoms with Crippen LogP contribution >= 0.6 is 11.6 Å². The molecular weight excluding hydrogens is 272 g/mol. The van der Waals surface area contributed by atoms with Crippen molar-refractivity contribution >= 4 is 17.4 Å². The summed E-state index contributed by atoms with van der Waals surface area (Å²) < 4.78 is 0. The molecule has 0 spiro atoms. The molecule has 1 atom stereocenters. The van der Waals surface area contributed by atoms with E-state index in [2.05, 4.69) is 58.4 Å². The third kappa shape index (κ3) is 4.79. The van der Waals surface area contributed by atoms with Crippen LogP contribution in [0.2, 0.25) is 5.15 Å². The number of halogens is 1. The van der Waals surface area contributed by atoms with Gasteiger partial charge in [0.1, 0.15) is 11.0 Å². The van der Waals surface area contributed by atoms with Gasteiger partial charge < -0.3 is 10.2 Å². The molecule has 0 aliphatic carbocycles. The van der Waals surface area contributed by atoms with E-state index in [4.69, 9.17) is 11.6 Å². The van der Waals surface area contributed by atoms with Gasteiger partial charge in [0, 0.05) is 19.1 Å². The zero-order valence-electron chi connectivity index (χ0n) is 11.8. The Morgan fingerprint density at radius 3 is 2.70 bits per heavy atom. The summed E-state index contributed by atoms with van der Waals surface area (Å²) in [6, 6.07) is 10.7. The summed E-state index contributed by atoms with van der Waals surface area (Å²) in [4.78, 5) is 10.5. The van der Waals surface area contributed by atoms with Gasteiger partial charge in [-0.25, -0.2) is 4.98 Å². The number of anilines is 1. The lowest BCUT2D eigenvalue weighted by Gasteiger charge is -2.22. The van der Waals surface area contributed by atoms with Crippen molar-refractivity contribution in [3.63, 3.8) is 0 Å². The van der Waals surface area contributed by atoms with Gasteiger partial charge in [0.25, 0.3) is 0 Å². The second-order valence-corrected chi connectivity index (χ2v) is 5.34. The van der Waals surface area contributed by atoms with E-state index >= 15 is 0 Å². The molecule has 0 aliphatic rings. The SMILES string of the molecule is CC(CN(C)Cc1ccccc1)Nc1cncc(Cl)n1. The largest absolute Gasteiger partial charge is 0.365 e. The van der Waals surface area contributed by atoms with Crippen molar-refractivity contribution in [2.24, 2.45) is 0 Å². The Labute approximate surface area is 124 Å². The monoisotopic (exact) mass is 290 g/mol. The zero-order valence-corrected chi connectivity index (χ0v) is 12.5. The number of rotatable bonds is 6. The minimum absolute atomic E-state index is 0.261. The topological polar surface area (TPSA) is 41.0 Å². The van der Waals surface area contributed by atoms with Crippen LogP contribution < -0.4 is 5.32 Å². The van der Waals surface area contributed by atoms with Crippen molar-refractivity contribution in [2.75, 3.05) is 18.9 Å². The van der Waals surface area contributed by atoms with E-state index in [9.17, 15) is 0 Å². The summed E-state index contributed by atoms with van der Waals surface area (Å²) in [6.07, 6.45) is 3.21. The number of nitrogens with one attached hydrogen (secondary N) is 1. The molecule has 1 heterocycles. The van der Waals surface area contributed by atoms with Gasteiger partial charge in [-0.15, -0.1) is 0 Å². The summed E-state index contributed by atoms with van der Waals surface area (Å²) in [5, 5.41) is 3.70.